The van der Waals surface area contributed by atoms with E-state index in [9.17, 15) is 0 Å². The second-order valence-electron chi connectivity index (χ2n) is 4.46. The molecule has 4 heteroatoms. The van der Waals surface area contributed by atoms with Gasteiger partial charge in [-0.05, 0) is 46.1 Å². The van der Waals surface area contributed by atoms with Gasteiger partial charge < -0.3 is 14.6 Å². The zero-order valence-electron chi connectivity index (χ0n) is 11.3. The summed E-state index contributed by atoms with van der Waals surface area (Å²) in [5.74, 6) is 0.856. The molecule has 3 nitrogen and oxygen atoms in total. The third kappa shape index (κ3) is 3.77. The minimum Gasteiger partial charge on any atom is -0.497 e. The lowest BCUT2D eigenvalue weighted by molar-refractivity contribution is 0.415. The summed E-state index contributed by atoms with van der Waals surface area (Å²) < 4.78 is 8.50. The molecule has 0 bridgehead atoms. The zero-order chi connectivity index (χ0) is 13.7. The van der Waals surface area contributed by atoms with Crippen LogP contribution in [0.1, 0.15) is 18.9 Å². The Morgan fingerprint density at radius 1 is 1.32 bits per heavy atom. The third-order valence-electron chi connectivity index (χ3n) is 2.95. The second-order valence-corrected chi connectivity index (χ2v) is 5.31. The summed E-state index contributed by atoms with van der Waals surface area (Å²) in [5, 5.41) is 3.42. The number of aromatic nitrogens is 1. The molecule has 102 valence electrons. The van der Waals surface area contributed by atoms with Gasteiger partial charge in [-0.2, -0.15) is 0 Å². The van der Waals surface area contributed by atoms with E-state index in [1.807, 2.05) is 18.2 Å². The van der Waals surface area contributed by atoms with Crippen LogP contribution in [0, 0.1) is 0 Å². The lowest BCUT2D eigenvalue weighted by Crippen LogP contribution is -2.00. The highest BCUT2D eigenvalue weighted by Crippen LogP contribution is 2.27. The molecule has 0 aliphatic carbocycles. The summed E-state index contributed by atoms with van der Waals surface area (Å²) in [5.41, 5.74) is 2.32. The Kier molecular flexibility index (Phi) is 4.91. The molecular weight excluding hydrogens is 304 g/mol. The van der Waals surface area contributed by atoms with Gasteiger partial charge in [0.05, 0.1) is 12.8 Å². The number of hydrogen-bond acceptors (Lipinski definition) is 2. The molecule has 19 heavy (non-hydrogen) atoms. The number of hydrogen-bond donors (Lipinski definition) is 1. The van der Waals surface area contributed by atoms with E-state index in [2.05, 4.69) is 51.2 Å². The van der Waals surface area contributed by atoms with Gasteiger partial charge in [0.2, 0.25) is 0 Å². The van der Waals surface area contributed by atoms with Gasteiger partial charge in [0.1, 0.15) is 5.75 Å². The molecule has 1 aromatic heterocycles. The molecule has 2 rings (SSSR count). The highest BCUT2D eigenvalue weighted by molar-refractivity contribution is 9.10. The average Bonchev–Trinajstić information content (AvgIpc) is 2.86. The van der Waals surface area contributed by atoms with E-state index < -0.39 is 0 Å². The molecule has 1 N–H and O–H groups in total. The Labute approximate surface area is 122 Å². The van der Waals surface area contributed by atoms with Gasteiger partial charge in [-0.15, -0.1) is 0 Å². The Hall–Kier alpha value is -1.42. The molecule has 0 amide bonds. The fraction of sp³-hybridized carbons (Fsp3) is 0.333. The van der Waals surface area contributed by atoms with Crippen molar-refractivity contribution in [2.75, 3.05) is 12.4 Å². The maximum Gasteiger partial charge on any atom is 0.121 e. The van der Waals surface area contributed by atoms with Crippen molar-refractivity contribution in [2.24, 2.45) is 0 Å². The first-order valence-electron chi connectivity index (χ1n) is 6.45. The number of anilines is 1. The minimum atomic E-state index is 0.808. The van der Waals surface area contributed by atoms with Crippen molar-refractivity contribution >= 4 is 21.6 Å². The van der Waals surface area contributed by atoms with Crippen LogP contribution in [0.15, 0.2) is 41.1 Å². The highest BCUT2D eigenvalue weighted by Gasteiger charge is 2.03. The molecular formula is C15H19BrN2O. The molecule has 0 fully saturated rings. The summed E-state index contributed by atoms with van der Waals surface area (Å²) in [6.07, 6.45) is 5.47. The number of methoxy groups -OCH3 is 1. The smallest absolute Gasteiger partial charge is 0.121 e. The molecule has 0 saturated carbocycles. The van der Waals surface area contributed by atoms with Crippen molar-refractivity contribution in [1.29, 1.82) is 0 Å². The number of nitrogens with zero attached hydrogens (tertiary/aromatic N) is 1. The second kappa shape index (κ2) is 6.66. The first-order chi connectivity index (χ1) is 9.22. The van der Waals surface area contributed by atoms with E-state index in [1.165, 1.54) is 5.56 Å². The molecule has 0 spiro atoms. The van der Waals surface area contributed by atoms with Gasteiger partial charge in [0.15, 0.2) is 0 Å². The average molecular weight is 323 g/mol. The fourth-order valence-electron chi connectivity index (χ4n) is 1.96. The lowest BCUT2D eigenvalue weighted by Gasteiger charge is -2.09. The summed E-state index contributed by atoms with van der Waals surface area (Å²) in [4.78, 5) is 0. The Bertz CT molecular complexity index is 537. The SMILES string of the molecule is CCCn1ccc(CNc2cc(OC)ccc2Br)c1. The monoisotopic (exact) mass is 322 g/mol. The largest absolute Gasteiger partial charge is 0.497 e. The maximum absolute atomic E-state index is 5.23. The number of halogens is 1. The molecule has 0 radical (unpaired) electrons. The molecule has 0 unspecified atom stereocenters. The van der Waals surface area contributed by atoms with Gasteiger partial charge in [-0.1, -0.05) is 6.92 Å². The molecule has 0 aliphatic heterocycles. The number of nitrogens with one attached hydrogen (secondary N) is 1. The predicted molar refractivity (Wildman–Crippen MR) is 82.7 cm³/mol. The van der Waals surface area contributed by atoms with Gasteiger partial charge in [0, 0.05) is 36.0 Å². The van der Waals surface area contributed by atoms with Crippen molar-refractivity contribution in [3.63, 3.8) is 0 Å². The van der Waals surface area contributed by atoms with Crippen LogP contribution >= 0.6 is 15.9 Å². The summed E-state index contributed by atoms with van der Waals surface area (Å²) >= 11 is 3.54. The van der Waals surface area contributed by atoms with Gasteiger partial charge >= 0.3 is 0 Å². The number of ether oxygens (including phenoxy) is 1. The summed E-state index contributed by atoms with van der Waals surface area (Å²) in [6, 6.07) is 8.07. The van der Waals surface area contributed by atoms with Crippen molar-refractivity contribution < 1.29 is 4.74 Å². The maximum atomic E-state index is 5.23. The number of rotatable bonds is 6. The van der Waals surface area contributed by atoms with Crippen LogP contribution < -0.4 is 10.1 Å². The van der Waals surface area contributed by atoms with E-state index in [-0.39, 0.29) is 0 Å². The van der Waals surface area contributed by atoms with Crippen LogP contribution in [-0.4, -0.2) is 11.7 Å². The van der Waals surface area contributed by atoms with Gasteiger partial charge in [-0.3, -0.25) is 0 Å². The van der Waals surface area contributed by atoms with Crippen LogP contribution in [-0.2, 0) is 13.1 Å². The summed E-state index contributed by atoms with van der Waals surface area (Å²) in [7, 11) is 1.68. The van der Waals surface area contributed by atoms with Crippen molar-refractivity contribution in [3.8, 4) is 5.75 Å². The van der Waals surface area contributed by atoms with Crippen molar-refractivity contribution in [1.82, 2.24) is 4.57 Å². The Morgan fingerprint density at radius 3 is 2.89 bits per heavy atom. The van der Waals surface area contributed by atoms with Gasteiger partial charge in [0.25, 0.3) is 0 Å². The van der Waals surface area contributed by atoms with Crippen LogP contribution in [0.3, 0.4) is 0 Å². The Morgan fingerprint density at radius 2 is 2.16 bits per heavy atom. The number of aryl methyl sites for hydroxylation is 1. The summed E-state index contributed by atoms with van der Waals surface area (Å²) in [6.45, 7) is 4.07. The standard InChI is InChI=1S/C15H19BrN2O/c1-3-7-18-8-6-12(11-18)10-17-15-9-13(19-2)4-5-14(15)16/h4-6,8-9,11,17H,3,7,10H2,1-2H3. The normalized spacial score (nSPS) is 10.5. The van der Waals surface area contributed by atoms with Crippen LogP contribution in [0.4, 0.5) is 5.69 Å². The van der Waals surface area contributed by atoms with E-state index in [1.54, 1.807) is 7.11 Å². The quantitative estimate of drug-likeness (QED) is 0.859. The topological polar surface area (TPSA) is 26.2 Å². The molecule has 1 aromatic carbocycles. The van der Waals surface area contributed by atoms with Gasteiger partial charge in [-0.25, -0.2) is 0 Å². The van der Waals surface area contributed by atoms with Crippen molar-refractivity contribution in [2.45, 2.75) is 26.4 Å². The highest BCUT2D eigenvalue weighted by atomic mass is 79.9. The predicted octanol–water partition coefficient (Wildman–Crippen LogP) is 4.28. The van der Waals surface area contributed by atoms with E-state index in [0.717, 1.165) is 35.4 Å². The van der Waals surface area contributed by atoms with Crippen LogP contribution in [0.5, 0.6) is 5.75 Å². The third-order valence-corrected chi connectivity index (χ3v) is 3.64. The van der Waals surface area contributed by atoms with Crippen LogP contribution in [0.25, 0.3) is 0 Å². The zero-order valence-corrected chi connectivity index (χ0v) is 12.9. The first-order valence-corrected chi connectivity index (χ1v) is 7.24. The number of benzene rings is 1. The molecule has 0 aliphatic rings. The van der Waals surface area contributed by atoms with E-state index in [4.69, 9.17) is 4.74 Å². The lowest BCUT2D eigenvalue weighted by atomic mass is 10.2. The fourth-order valence-corrected chi connectivity index (χ4v) is 2.34. The Balaban J connectivity index is 2.01. The van der Waals surface area contributed by atoms with E-state index in [0.29, 0.717) is 0 Å². The first kappa shape index (κ1) is 14.0. The van der Waals surface area contributed by atoms with E-state index >= 15 is 0 Å². The molecule has 1 heterocycles. The van der Waals surface area contributed by atoms with Crippen LogP contribution in [0.2, 0.25) is 0 Å². The molecule has 0 atom stereocenters. The van der Waals surface area contributed by atoms with Crippen molar-refractivity contribution in [3.05, 3.63) is 46.7 Å². The minimum absolute atomic E-state index is 0.808. The molecule has 0 saturated heterocycles. The molecule has 2 aromatic rings.